The molecule has 0 amide bonds. The molecule has 0 spiro atoms. The third-order valence-corrected chi connectivity index (χ3v) is 4.97. The van der Waals surface area contributed by atoms with Crippen molar-refractivity contribution >= 4 is 16.2 Å². The van der Waals surface area contributed by atoms with Gasteiger partial charge in [0.1, 0.15) is 6.04 Å². The summed E-state index contributed by atoms with van der Waals surface area (Å²) in [5.41, 5.74) is 0. The Bertz CT molecular complexity index is 394. The first-order chi connectivity index (χ1) is 8.25. The van der Waals surface area contributed by atoms with Crippen molar-refractivity contribution in [1.29, 1.82) is 0 Å². The van der Waals surface area contributed by atoms with Crippen molar-refractivity contribution in [3.05, 3.63) is 0 Å². The first-order valence-electron chi connectivity index (χ1n) is 6.27. The summed E-state index contributed by atoms with van der Waals surface area (Å²) in [5.74, 6) is -1.43. The molecule has 18 heavy (non-hydrogen) atoms. The lowest BCUT2D eigenvalue weighted by Gasteiger charge is -2.33. The molecule has 106 valence electrons. The van der Waals surface area contributed by atoms with Crippen LogP contribution in [0.5, 0.6) is 0 Å². The summed E-state index contributed by atoms with van der Waals surface area (Å²) >= 11 is 0. The molecular weight excluding hydrogens is 256 g/mol. The lowest BCUT2D eigenvalue weighted by Crippen LogP contribution is -2.53. The number of carboxylic acids is 1. The van der Waals surface area contributed by atoms with Crippen LogP contribution in [0.4, 0.5) is 0 Å². The van der Waals surface area contributed by atoms with Gasteiger partial charge >= 0.3 is 5.97 Å². The van der Waals surface area contributed by atoms with Crippen molar-refractivity contribution in [1.82, 2.24) is 9.03 Å². The third kappa shape index (κ3) is 3.66. The van der Waals surface area contributed by atoms with Gasteiger partial charge in [-0.25, -0.2) is 0 Å². The van der Waals surface area contributed by atoms with E-state index in [0.717, 1.165) is 19.3 Å². The average molecular weight is 278 g/mol. The molecule has 0 aromatic rings. The molecule has 0 aromatic carbocycles. The van der Waals surface area contributed by atoms with Crippen LogP contribution in [0.15, 0.2) is 0 Å². The molecule has 1 rings (SSSR count). The number of piperidine rings is 1. The molecule has 1 aliphatic rings. The zero-order valence-corrected chi connectivity index (χ0v) is 11.9. The summed E-state index contributed by atoms with van der Waals surface area (Å²) in [4.78, 5) is 11.0. The number of carbonyl (C=O) groups is 1. The standard InChI is InChI=1S/C11H22N2O4S/c1-8(2)10(11(14)15)12-18(16,17)13-7-5-4-6-9(13)3/h8-10,12H,4-7H2,1-3H3,(H,14,15)/t9?,10-/m1/s1. The Balaban J connectivity index is 2.82. The second-order valence-electron chi connectivity index (χ2n) is 5.14. The zero-order valence-electron chi connectivity index (χ0n) is 11.1. The fourth-order valence-electron chi connectivity index (χ4n) is 2.13. The maximum absolute atomic E-state index is 12.2. The topological polar surface area (TPSA) is 86.7 Å². The number of nitrogens with one attached hydrogen (secondary N) is 1. The Hall–Kier alpha value is -0.660. The Labute approximate surface area is 109 Å². The van der Waals surface area contributed by atoms with Crippen molar-refractivity contribution in [2.45, 2.75) is 52.1 Å². The fraction of sp³-hybridized carbons (Fsp3) is 0.909. The van der Waals surface area contributed by atoms with Gasteiger partial charge in [-0.15, -0.1) is 0 Å². The zero-order chi connectivity index (χ0) is 13.9. The molecular formula is C11H22N2O4S. The van der Waals surface area contributed by atoms with E-state index in [4.69, 9.17) is 5.11 Å². The van der Waals surface area contributed by atoms with Crippen LogP contribution in [0.1, 0.15) is 40.0 Å². The summed E-state index contributed by atoms with van der Waals surface area (Å²) in [6.45, 7) is 5.67. The largest absolute Gasteiger partial charge is 0.480 e. The first-order valence-corrected chi connectivity index (χ1v) is 7.71. The molecule has 1 fully saturated rings. The van der Waals surface area contributed by atoms with Gasteiger partial charge in [0.2, 0.25) is 0 Å². The minimum atomic E-state index is -3.72. The highest BCUT2D eigenvalue weighted by atomic mass is 32.2. The van der Waals surface area contributed by atoms with Gasteiger partial charge in [0, 0.05) is 12.6 Å². The maximum atomic E-state index is 12.2. The molecule has 1 aliphatic heterocycles. The van der Waals surface area contributed by atoms with E-state index in [1.54, 1.807) is 13.8 Å². The van der Waals surface area contributed by atoms with Crippen molar-refractivity contribution in [3.63, 3.8) is 0 Å². The lowest BCUT2D eigenvalue weighted by molar-refractivity contribution is -0.140. The van der Waals surface area contributed by atoms with Gasteiger partial charge in [-0.3, -0.25) is 4.79 Å². The van der Waals surface area contributed by atoms with Gasteiger partial charge in [-0.1, -0.05) is 20.3 Å². The Morgan fingerprint density at radius 1 is 1.39 bits per heavy atom. The molecule has 2 N–H and O–H groups in total. The summed E-state index contributed by atoms with van der Waals surface area (Å²) in [6.07, 6.45) is 2.66. The maximum Gasteiger partial charge on any atom is 0.322 e. The highest BCUT2D eigenvalue weighted by Crippen LogP contribution is 2.19. The molecule has 0 saturated carbocycles. The Kier molecular flexibility index (Phi) is 5.12. The van der Waals surface area contributed by atoms with Crippen LogP contribution in [0.2, 0.25) is 0 Å². The highest BCUT2D eigenvalue weighted by Gasteiger charge is 2.34. The third-order valence-electron chi connectivity index (χ3n) is 3.26. The SMILES string of the molecule is CC(C)[C@@H](NS(=O)(=O)N1CCCCC1C)C(=O)O. The molecule has 7 heteroatoms. The van der Waals surface area contributed by atoms with E-state index >= 15 is 0 Å². The lowest BCUT2D eigenvalue weighted by atomic mass is 10.1. The van der Waals surface area contributed by atoms with Gasteiger partial charge in [-0.2, -0.15) is 17.4 Å². The molecule has 0 aromatic heterocycles. The number of hydrogen-bond acceptors (Lipinski definition) is 3. The van der Waals surface area contributed by atoms with Crippen LogP contribution in [-0.4, -0.2) is 42.4 Å². The van der Waals surface area contributed by atoms with Gasteiger partial charge in [-0.05, 0) is 25.7 Å². The van der Waals surface area contributed by atoms with E-state index in [1.807, 2.05) is 6.92 Å². The van der Waals surface area contributed by atoms with Crippen molar-refractivity contribution in [2.75, 3.05) is 6.54 Å². The van der Waals surface area contributed by atoms with Crippen LogP contribution < -0.4 is 4.72 Å². The Morgan fingerprint density at radius 2 is 2.00 bits per heavy atom. The van der Waals surface area contributed by atoms with E-state index in [2.05, 4.69) is 4.72 Å². The van der Waals surface area contributed by atoms with Crippen LogP contribution >= 0.6 is 0 Å². The van der Waals surface area contributed by atoms with Gasteiger partial charge in [0.25, 0.3) is 10.2 Å². The summed E-state index contributed by atoms with van der Waals surface area (Å²) in [5, 5.41) is 9.03. The number of hydrogen-bond donors (Lipinski definition) is 2. The Morgan fingerprint density at radius 3 is 2.44 bits per heavy atom. The molecule has 1 heterocycles. The second-order valence-corrected chi connectivity index (χ2v) is 6.79. The average Bonchev–Trinajstić information content (AvgIpc) is 2.25. The van der Waals surface area contributed by atoms with E-state index in [1.165, 1.54) is 4.31 Å². The van der Waals surface area contributed by atoms with Crippen molar-refractivity contribution in [3.8, 4) is 0 Å². The van der Waals surface area contributed by atoms with E-state index in [9.17, 15) is 13.2 Å². The van der Waals surface area contributed by atoms with Gasteiger partial charge in [0.15, 0.2) is 0 Å². The van der Waals surface area contributed by atoms with E-state index in [-0.39, 0.29) is 12.0 Å². The number of aliphatic carboxylic acids is 1. The normalized spacial score (nSPS) is 24.1. The number of nitrogens with zero attached hydrogens (tertiary/aromatic N) is 1. The fourth-order valence-corrected chi connectivity index (χ4v) is 3.91. The number of rotatable bonds is 5. The minimum absolute atomic E-state index is 0.0714. The summed E-state index contributed by atoms with van der Waals surface area (Å²) < 4.78 is 28.0. The molecule has 1 unspecified atom stereocenters. The van der Waals surface area contributed by atoms with Crippen molar-refractivity contribution < 1.29 is 18.3 Å². The summed E-state index contributed by atoms with van der Waals surface area (Å²) in [7, 11) is -3.72. The molecule has 0 aliphatic carbocycles. The monoisotopic (exact) mass is 278 g/mol. The molecule has 6 nitrogen and oxygen atoms in total. The molecule has 0 bridgehead atoms. The predicted molar refractivity (Wildman–Crippen MR) is 68.3 cm³/mol. The highest BCUT2D eigenvalue weighted by molar-refractivity contribution is 7.87. The smallest absolute Gasteiger partial charge is 0.322 e. The first kappa shape index (κ1) is 15.4. The van der Waals surface area contributed by atoms with Gasteiger partial charge < -0.3 is 5.11 Å². The quantitative estimate of drug-likeness (QED) is 0.779. The molecule has 1 saturated heterocycles. The number of carboxylic acid groups (broad SMARTS) is 1. The van der Waals surface area contributed by atoms with Crippen LogP contribution in [-0.2, 0) is 15.0 Å². The van der Waals surface area contributed by atoms with E-state index in [0.29, 0.717) is 6.54 Å². The second kappa shape index (κ2) is 5.99. The van der Waals surface area contributed by atoms with Crippen LogP contribution in [0.3, 0.4) is 0 Å². The molecule has 0 radical (unpaired) electrons. The summed E-state index contributed by atoms with van der Waals surface area (Å²) in [6, 6.07) is -1.15. The van der Waals surface area contributed by atoms with Gasteiger partial charge in [0.05, 0.1) is 0 Å². The van der Waals surface area contributed by atoms with Crippen LogP contribution in [0.25, 0.3) is 0 Å². The van der Waals surface area contributed by atoms with E-state index < -0.39 is 22.2 Å². The minimum Gasteiger partial charge on any atom is -0.480 e. The molecule has 2 atom stereocenters. The predicted octanol–water partition coefficient (Wildman–Crippen LogP) is 0.804. The van der Waals surface area contributed by atoms with Crippen molar-refractivity contribution in [2.24, 2.45) is 5.92 Å². The van der Waals surface area contributed by atoms with Crippen LogP contribution in [0, 0.1) is 5.92 Å².